The third-order valence-electron chi connectivity index (χ3n) is 5.00. The summed E-state index contributed by atoms with van der Waals surface area (Å²) in [6.45, 7) is 0.188. The van der Waals surface area contributed by atoms with E-state index in [9.17, 15) is 8.42 Å². The molecule has 0 aliphatic heterocycles. The van der Waals surface area contributed by atoms with Gasteiger partial charge in [-0.05, 0) is 69.6 Å². The van der Waals surface area contributed by atoms with Gasteiger partial charge in [-0.1, -0.05) is 54.1 Å². The van der Waals surface area contributed by atoms with Gasteiger partial charge in [-0.3, -0.25) is 0 Å². The predicted molar refractivity (Wildman–Crippen MR) is 137 cm³/mol. The van der Waals surface area contributed by atoms with E-state index in [1.165, 1.54) is 6.07 Å². The average Bonchev–Trinajstić information content (AvgIpc) is 3.39. The number of hydrogen-bond acceptors (Lipinski definition) is 5. The number of halogens is 1. The second kappa shape index (κ2) is 10.1. The molecule has 0 unspecified atom stereocenters. The molecule has 0 radical (unpaired) electrons. The highest BCUT2D eigenvalue weighted by Gasteiger charge is 2.16. The van der Waals surface area contributed by atoms with Crippen molar-refractivity contribution >= 4 is 38.9 Å². The number of benzene rings is 3. The Morgan fingerprint density at radius 1 is 1.00 bits per heavy atom. The number of nitrogens with zero attached hydrogens (tertiary/aromatic N) is 2. The Hall–Kier alpha value is -3.64. The van der Waals surface area contributed by atoms with Crippen LogP contribution in [0.1, 0.15) is 11.1 Å². The minimum Gasteiger partial charge on any atom is -0.369 e. The van der Waals surface area contributed by atoms with Crippen molar-refractivity contribution in [1.29, 1.82) is 5.26 Å². The van der Waals surface area contributed by atoms with Gasteiger partial charge in [0.05, 0.1) is 18.2 Å². The van der Waals surface area contributed by atoms with Crippen molar-refractivity contribution in [2.75, 3.05) is 0 Å². The zero-order valence-electron chi connectivity index (χ0n) is 17.8. The van der Waals surface area contributed by atoms with Gasteiger partial charge in [0.2, 0.25) is 5.96 Å². The monoisotopic (exact) mass is 506 g/mol. The van der Waals surface area contributed by atoms with Crippen LogP contribution in [0.3, 0.4) is 0 Å². The minimum atomic E-state index is -3.75. The van der Waals surface area contributed by atoms with Crippen LogP contribution in [0.25, 0.3) is 22.3 Å². The normalized spacial score (nSPS) is 11.7. The molecule has 0 fully saturated rings. The maximum absolute atomic E-state index is 12.3. The van der Waals surface area contributed by atoms with Gasteiger partial charge < -0.3 is 5.73 Å². The molecule has 4 rings (SSSR count). The Kier molecular flexibility index (Phi) is 6.98. The summed E-state index contributed by atoms with van der Waals surface area (Å²) in [5.41, 5.74) is 11.1. The zero-order chi connectivity index (χ0) is 24.1. The second-order valence-electron chi connectivity index (χ2n) is 7.32. The molecule has 4 aromatic rings. The fourth-order valence-corrected chi connectivity index (χ4v) is 5.42. The fraction of sp³-hybridized carbons (Fsp3) is 0.0400. The molecule has 3 aromatic carbocycles. The minimum absolute atomic E-state index is 0.169. The van der Waals surface area contributed by atoms with Crippen molar-refractivity contribution < 1.29 is 8.42 Å². The molecular weight excluding hydrogens is 488 g/mol. The molecule has 9 heteroatoms. The third kappa shape index (κ3) is 5.46. The van der Waals surface area contributed by atoms with E-state index >= 15 is 0 Å². The van der Waals surface area contributed by atoms with Gasteiger partial charge in [-0.15, -0.1) is 11.3 Å². The molecule has 0 amide bonds. The Labute approximate surface area is 207 Å². The van der Waals surface area contributed by atoms with Gasteiger partial charge >= 0.3 is 0 Å². The van der Waals surface area contributed by atoms with Crippen molar-refractivity contribution in [3.05, 3.63) is 100 Å². The number of aliphatic imine (C=N–C) groups is 1. The number of nitrogens with one attached hydrogen (secondary N) is 1. The maximum Gasteiger partial charge on any atom is 0.273 e. The van der Waals surface area contributed by atoms with E-state index in [1.807, 2.05) is 54.6 Å². The average molecular weight is 507 g/mol. The van der Waals surface area contributed by atoms with E-state index in [4.69, 9.17) is 22.6 Å². The summed E-state index contributed by atoms with van der Waals surface area (Å²) in [4.78, 5) is 4.22. The van der Waals surface area contributed by atoms with Crippen LogP contribution in [0.5, 0.6) is 0 Å². The predicted octanol–water partition coefficient (Wildman–Crippen LogP) is 5.40. The van der Waals surface area contributed by atoms with Crippen LogP contribution in [0.2, 0.25) is 5.02 Å². The first-order valence-electron chi connectivity index (χ1n) is 10.1. The summed E-state index contributed by atoms with van der Waals surface area (Å²) < 4.78 is 27.1. The number of rotatable bonds is 6. The maximum atomic E-state index is 12.3. The van der Waals surface area contributed by atoms with Crippen molar-refractivity contribution in [3.63, 3.8) is 0 Å². The van der Waals surface area contributed by atoms with E-state index < -0.39 is 10.0 Å². The van der Waals surface area contributed by atoms with Gasteiger partial charge in [0.15, 0.2) is 0 Å². The van der Waals surface area contributed by atoms with Crippen molar-refractivity contribution in [1.82, 2.24) is 4.72 Å². The van der Waals surface area contributed by atoms with Crippen LogP contribution < -0.4 is 10.5 Å². The summed E-state index contributed by atoms with van der Waals surface area (Å²) in [6.07, 6.45) is 0. The topological polar surface area (TPSA) is 108 Å². The summed E-state index contributed by atoms with van der Waals surface area (Å²) >= 11 is 7.18. The lowest BCUT2D eigenvalue weighted by atomic mass is 9.92. The van der Waals surface area contributed by atoms with Crippen LogP contribution in [0.4, 0.5) is 0 Å². The Bertz CT molecular complexity index is 1470. The van der Waals surface area contributed by atoms with E-state index in [0.29, 0.717) is 10.6 Å². The Morgan fingerprint density at radius 2 is 1.68 bits per heavy atom. The van der Waals surface area contributed by atoms with E-state index in [0.717, 1.165) is 39.2 Å². The number of hydrogen-bond donors (Lipinski definition) is 2. The lowest BCUT2D eigenvalue weighted by Crippen LogP contribution is -2.36. The first kappa shape index (κ1) is 23.5. The summed E-state index contributed by atoms with van der Waals surface area (Å²) in [5.74, 6) is -0.183. The molecule has 0 bridgehead atoms. The Balaban J connectivity index is 1.65. The van der Waals surface area contributed by atoms with E-state index in [-0.39, 0.29) is 16.7 Å². The highest BCUT2D eigenvalue weighted by Crippen LogP contribution is 2.34. The number of guanidine groups is 1. The van der Waals surface area contributed by atoms with Crippen molar-refractivity contribution in [3.8, 4) is 28.3 Å². The quantitative estimate of drug-likeness (QED) is 0.269. The molecular formula is C25H19ClN4O2S2. The molecule has 34 heavy (non-hydrogen) atoms. The standard InChI is InChI=1S/C25H19ClN4O2S2/c26-21-10-8-20(9-11-21)23-14-18(5-12-22(23)19-6-3-17(15-27)4-7-19)16-29-25(28)30-34(31,32)24-2-1-13-33-24/h1-14H,16H2,(H3,28,29,30). The van der Waals surface area contributed by atoms with Gasteiger partial charge in [0.25, 0.3) is 10.0 Å². The first-order chi connectivity index (χ1) is 16.4. The molecule has 170 valence electrons. The molecule has 6 nitrogen and oxygen atoms in total. The lowest BCUT2D eigenvalue weighted by molar-refractivity contribution is 0.594. The van der Waals surface area contributed by atoms with Gasteiger partial charge in [0.1, 0.15) is 4.21 Å². The third-order valence-corrected chi connectivity index (χ3v) is 8.00. The van der Waals surface area contributed by atoms with Gasteiger partial charge in [-0.2, -0.15) is 5.26 Å². The number of nitriles is 1. The molecule has 3 N–H and O–H groups in total. The number of sulfonamides is 1. The number of thiophene rings is 1. The molecule has 0 atom stereocenters. The lowest BCUT2D eigenvalue weighted by Gasteiger charge is -2.13. The van der Waals surface area contributed by atoms with Crippen molar-refractivity contribution in [2.45, 2.75) is 10.8 Å². The summed E-state index contributed by atoms with van der Waals surface area (Å²) in [7, 11) is -3.75. The summed E-state index contributed by atoms with van der Waals surface area (Å²) in [6, 6.07) is 26.0. The molecule has 0 saturated heterocycles. The van der Waals surface area contributed by atoms with Crippen LogP contribution in [0.15, 0.2) is 93.4 Å². The fourth-order valence-electron chi connectivity index (χ4n) is 3.35. The van der Waals surface area contributed by atoms with Gasteiger partial charge in [0, 0.05) is 5.02 Å². The molecule has 0 spiro atoms. The van der Waals surface area contributed by atoms with Crippen LogP contribution in [-0.2, 0) is 16.6 Å². The SMILES string of the molecule is N#Cc1ccc(-c2ccc(CN=C(N)NS(=O)(=O)c3cccs3)cc2-c2ccc(Cl)cc2)cc1. The van der Waals surface area contributed by atoms with Crippen molar-refractivity contribution in [2.24, 2.45) is 10.7 Å². The Morgan fingerprint density at radius 3 is 2.32 bits per heavy atom. The smallest absolute Gasteiger partial charge is 0.273 e. The van der Waals surface area contributed by atoms with Crippen LogP contribution >= 0.6 is 22.9 Å². The molecule has 1 aromatic heterocycles. The second-order valence-corrected chi connectivity index (χ2v) is 10.6. The number of nitrogens with two attached hydrogens (primary N) is 1. The van der Waals surface area contributed by atoms with Crippen LogP contribution in [-0.4, -0.2) is 14.4 Å². The van der Waals surface area contributed by atoms with E-state index in [2.05, 4.69) is 15.8 Å². The van der Waals surface area contributed by atoms with E-state index in [1.54, 1.807) is 23.6 Å². The molecule has 0 saturated carbocycles. The molecule has 0 aliphatic rings. The zero-order valence-corrected chi connectivity index (χ0v) is 20.2. The first-order valence-corrected chi connectivity index (χ1v) is 12.9. The van der Waals surface area contributed by atoms with Crippen LogP contribution in [0, 0.1) is 11.3 Å². The highest BCUT2D eigenvalue weighted by atomic mass is 35.5. The molecule has 1 heterocycles. The molecule has 0 aliphatic carbocycles. The largest absolute Gasteiger partial charge is 0.369 e. The summed E-state index contributed by atoms with van der Waals surface area (Å²) in [5, 5.41) is 11.4. The van der Waals surface area contributed by atoms with Gasteiger partial charge in [-0.25, -0.2) is 18.1 Å². The highest BCUT2D eigenvalue weighted by molar-refractivity contribution is 7.92.